The summed E-state index contributed by atoms with van der Waals surface area (Å²) in [6.07, 6.45) is -4.86. The molecule has 1 atom stereocenters. The van der Waals surface area contributed by atoms with Crippen molar-refractivity contribution in [2.45, 2.75) is 19.3 Å². The fourth-order valence-electron chi connectivity index (χ4n) is 1.83. The minimum atomic E-state index is -4.86. The van der Waals surface area contributed by atoms with Crippen LogP contribution < -0.4 is 15.8 Å². The first kappa shape index (κ1) is 17.4. The van der Waals surface area contributed by atoms with Gasteiger partial charge in [0.25, 0.3) is 5.91 Å². The monoisotopic (exact) mass is 342 g/mol. The molecule has 0 aliphatic rings. The zero-order valence-electron chi connectivity index (χ0n) is 12.4. The summed E-state index contributed by atoms with van der Waals surface area (Å²) >= 11 is 0. The molecule has 2 amide bonds. The standard InChI is InChI=1S/C15H13F3N2O4/c1-8(13(19)21)20-14(22)12-7-6-10(23-12)9-4-2-3-5-11(9)24-15(16,17)18/h2-8H,1H3,(H2,19,21)(H,20,22)/t8-/m0/s1. The fraction of sp³-hybridized carbons (Fsp3) is 0.200. The second kappa shape index (κ2) is 6.65. The highest BCUT2D eigenvalue weighted by Crippen LogP contribution is 2.34. The highest BCUT2D eigenvalue weighted by atomic mass is 19.4. The maximum absolute atomic E-state index is 12.4. The summed E-state index contributed by atoms with van der Waals surface area (Å²) in [5.74, 6) is -2.09. The lowest BCUT2D eigenvalue weighted by atomic mass is 10.1. The fourth-order valence-corrected chi connectivity index (χ4v) is 1.83. The third-order valence-electron chi connectivity index (χ3n) is 2.98. The van der Waals surface area contributed by atoms with Gasteiger partial charge in [0.15, 0.2) is 5.76 Å². The number of ether oxygens (including phenoxy) is 1. The van der Waals surface area contributed by atoms with Crippen molar-refractivity contribution in [2.24, 2.45) is 5.73 Å². The smallest absolute Gasteiger partial charge is 0.451 e. The van der Waals surface area contributed by atoms with Gasteiger partial charge in [-0.2, -0.15) is 0 Å². The summed E-state index contributed by atoms with van der Waals surface area (Å²) < 4.78 is 46.5. The van der Waals surface area contributed by atoms with Crippen LogP contribution in [0.3, 0.4) is 0 Å². The van der Waals surface area contributed by atoms with Crippen molar-refractivity contribution in [3.8, 4) is 17.1 Å². The molecular weight excluding hydrogens is 329 g/mol. The van der Waals surface area contributed by atoms with Crippen LogP contribution in [-0.2, 0) is 4.79 Å². The Balaban J connectivity index is 2.25. The summed E-state index contributed by atoms with van der Waals surface area (Å²) in [5.41, 5.74) is 5.05. The molecule has 0 fully saturated rings. The van der Waals surface area contributed by atoms with Crippen molar-refractivity contribution in [1.82, 2.24) is 5.32 Å². The average Bonchev–Trinajstić information content (AvgIpc) is 2.95. The van der Waals surface area contributed by atoms with Gasteiger partial charge in [-0.1, -0.05) is 12.1 Å². The Morgan fingerprint density at radius 1 is 1.21 bits per heavy atom. The molecule has 128 valence electrons. The van der Waals surface area contributed by atoms with Crippen molar-refractivity contribution in [2.75, 3.05) is 0 Å². The van der Waals surface area contributed by atoms with E-state index in [1.54, 1.807) is 0 Å². The summed E-state index contributed by atoms with van der Waals surface area (Å²) in [4.78, 5) is 22.8. The molecular formula is C15H13F3N2O4. The van der Waals surface area contributed by atoms with Crippen LogP contribution in [0.2, 0.25) is 0 Å². The number of furan rings is 1. The Bertz CT molecular complexity index is 755. The predicted octanol–water partition coefficient (Wildman–Crippen LogP) is 2.45. The largest absolute Gasteiger partial charge is 0.573 e. The van der Waals surface area contributed by atoms with Crippen molar-refractivity contribution in [3.63, 3.8) is 0 Å². The number of rotatable bonds is 5. The average molecular weight is 342 g/mol. The molecule has 0 aliphatic carbocycles. The minimum Gasteiger partial charge on any atom is -0.451 e. The van der Waals surface area contributed by atoms with Gasteiger partial charge in [0.1, 0.15) is 17.6 Å². The van der Waals surface area contributed by atoms with Crippen molar-refractivity contribution in [3.05, 3.63) is 42.2 Å². The van der Waals surface area contributed by atoms with E-state index in [1.807, 2.05) is 0 Å². The van der Waals surface area contributed by atoms with E-state index >= 15 is 0 Å². The lowest BCUT2D eigenvalue weighted by Crippen LogP contribution is -2.42. The van der Waals surface area contributed by atoms with Crippen LogP contribution in [0.25, 0.3) is 11.3 Å². The Kier molecular flexibility index (Phi) is 4.82. The first-order chi connectivity index (χ1) is 11.2. The van der Waals surface area contributed by atoms with E-state index in [9.17, 15) is 22.8 Å². The molecule has 1 aromatic carbocycles. The van der Waals surface area contributed by atoms with E-state index in [1.165, 1.54) is 37.3 Å². The number of nitrogens with two attached hydrogens (primary N) is 1. The van der Waals surface area contributed by atoms with Gasteiger partial charge >= 0.3 is 6.36 Å². The van der Waals surface area contributed by atoms with Crippen LogP contribution in [0.4, 0.5) is 13.2 Å². The zero-order chi connectivity index (χ0) is 17.9. The topological polar surface area (TPSA) is 94.6 Å². The van der Waals surface area contributed by atoms with Gasteiger partial charge < -0.3 is 20.2 Å². The highest BCUT2D eigenvalue weighted by Gasteiger charge is 2.32. The van der Waals surface area contributed by atoms with Gasteiger partial charge in [-0.15, -0.1) is 13.2 Å². The molecule has 0 saturated heterocycles. The van der Waals surface area contributed by atoms with Gasteiger partial charge in [0.2, 0.25) is 5.91 Å². The number of hydrogen-bond donors (Lipinski definition) is 2. The summed E-state index contributed by atoms with van der Waals surface area (Å²) in [5, 5.41) is 2.29. The molecule has 1 aromatic heterocycles. The lowest BCUT2D eigenvalue weighted by molar-refractivity contribution is -0.274. The van der Waals surface area contributed by atoms with Crippen LogP contribution in [0.15, 0.2) is 40.8 Å². The quantitative estimate of drug-likeness (QED) is 0.872. The lowest BCUT2D eigenvalue weighted by Gasteiger charge is -2.11. The molecule has 0 spiro atoms. The maximum Gasteiger partial charge on any atom is 0.573 e. The molecule has 0 radical (unpaired) electrons. The third-order valence-corrected chi connectivity index (χ3v) is 2.98. The van der Waals surface area contributed by atoms with Gasteiger partial charge in [0, 0.05) is 0 Å². The van der Waals surface area contributed by atoms with E-state index in [-0.39, 0.29) is 17.1 Å². The molecule has 0 unspecified atom stereocenters. The zero-order valence-corrected chi connectivity index (χ0v) is 12.4. The third kappa shape index (κ3) is 4.28. The maximum atomic E-state index is 12.4. The van der Waals surface area contributed by atoms with Gasteiger partial charge in [-0.05, 0) is 31.2 Å². The van der Waals surface area contributed by atoms with Gasteiger partial charge in [-0.3, -0.25) is 9.59 Å². The molecule has 2 aromatic rings. The van der Waals surface area contributed by atoms with E-state index in [0.717, 1.165) is 6.07 Å². The molecule has 6 nitrogen and oxygen atoms in total. The van der Waals surface area contributed by atoms with E-state index in [2.05, 4.69) is 10.1 Å². The van der Waals surface area contributed by atoms with Crippen molar-refractivity contribution >= 4 is 11.8 Å². The predicted molar refractivity (Wildman–Crippen MR) is 76.9 cm³/mol. The minimum absolute atomic E-state index is 0.00623. The Morgan fingerprint density at radius 3 is 2.50 bits per heavy atom. The number of carbonyl (C=O) groups excluding carboxylic acids is 2. The summed E-state index contributed by atoms with van der Waals surface area (Å²) in [6, 6.07) is 7.01. The molecule has 0 saturated carbocycles. The Morgan fingerprint density at radius 2 is 1.88 bits per heavy atom. The number of benzene rings is 1. The molecule has 0 aliphatic heterocycles. The SMILES string of the molecule is C[C@H](NC(=O)c1ccc(-c2ccccc2OC(F)(F)F)o1)C(N)=O. The molecule has 3 N–H and O–H groups in total. The Labute approximate surface area is 134 Å². The van der Waals surface area contributed by atoms with Crippen LogP contribution in [-0.4, -0.2) is 24.2 Å². The number of carbonyl (C=O) groups is 2. The van der Waals surface area contributed by atoms with Crippen molar-refractivity contribution in [1.29, 1.82) is 0 Å². The van der Waals surface area contributed by atoms with Crippen LogP contribution in [0.1, 0.15) is 17.5 Å². The number of amides is 2. The highest BCUT2D eigenvalue weighted by molar-refractivity contribution is 5.95. The molecule has 24 heavy (non-hydrogen) atoms. The molecule has 0 bridgehead atoms. The number of nitrogens with one attached hydrogen (secondary N) is 1. The summed E-state index contributed by atoms with van der Waals surface area (Å²) in [7, 11) is 0. The number of alkyl halides is 3. The normalized spacial score (nSPS) is 12.5. The number of halogens is 3. The van der Waals surface area contributed by atoms with E-state index in [0.29, 0.717) is 0 Å². The van der Waals surface area contributed by atoms with Gasteiger partial charge in [0.05, 0.1) is 5.56 Å². The van der Waals surface area contributed by atoms with Crippen LogP contribution in [0.5, 0.6) is 5.75 Å². The van der Waals surface area contributed by atoms with E-state index < -0.39 is 30.0 Å². The van der Waals surface area contributed by atoms with Crippen molar-refractivity contribution < 1.29 is 31.9 Å². The Hall–Kier alpha value is -2.97. The van der Waals surface area contributed by atoms with E-state index in [4.69, 9.17) is 10.2 Å². The summed E-state index contributed by atoms with van der Waals surface area (Å²) in [6.45, 7) is 1.39. The second-order valence-corrected chi connectivity index (χ2v) is 4.81. The molecule has 1 heterocycles. The second-order valence-electron chi connectivity index (χ2n) is 4.81. The van der Waals surface area contributed by atoms with Crippen LogP contribution in [0, 0.1) is 0 Å². The molecule has 9 heteroatoms. The first-order valence-electron chi connectivity index (χ1n) is 6.72. The van der Waals surface area contributed by atoms with Crippen LogP contribution >= 0.6 is 0 Å². The number of para-hydroxylation sites is 1. The number of hydrogen-bond acceptors (Lipinski definition) is 4. The number of primary amides is 1. The first-order valence-corrected chi connectivity index (χ1v) is 6.72. The van der Waals surface area contributed by atoms with Gasteiger partial charge in [-0.25, -0.2) is 0 Å². The molecule has 2 rings (SSSR count).